The van der Waals surface area contributed by atoms with Gasteiger partial charge in [0.05, 0.1) is 28.1 Å². The van der Waals surface area contributed by atoms with Gasteiger partial charge in [0.25, 0.3) is 0 Å². The van der Waals surface area contributed by atoms with Gasteiger partial charge in [0.2, 0.25) is 5.91 Å². The highest BCUT2D eigenvalue weighted by molar-refractivity contribution is 6.39. The lowest BCUT2D eigenvalue weighted by Crippen LogP contribution is -2.38. The number of carbonyl (C=O) groups excluding carboxylic acids is 2. The first-order valence-corrected chi connectivity index (χ1v) is 12.0. The molecular formula is C24H32Cl2N2O4. The van der Waals surface area contributed by atoms with Gasteiger partial charge in [-0.15, -0.1) is 0 Å². The van der Waals surface area contributed by atoms with Crippen molar-refractivity contribution in [2.75, 3.05) is 20.1 Å². The Hall–Kier alpha value is -1.92. The van der Waals surface area contributed by atoms with Crippen molar-refractivity contribution in [1.29, 1.82) is 0 Å². The van der Waals surface area contributed by atoms with Gasteiger partial charge in [-0.05, 0) is 31.4 Å². The summed E-state index contributed by atoms with van der Waals surface area (Å²) in [6.45, 7) is 0.926. The van der Waals surface area contributed by atoms with Gasteiger partial charge in [-0.2, -0.15) is 0 Å². The minimum absolute atomic E-state index is 0.0796. The number of ketones is 1. The maximum Gasteiger partial charge on any atom is 0.306 e. The number of hydrogen-bond donors (Lipinski definition) is 1. The summed E-state index contributed by atoms with van der Waals surface area (Å²) in [6, 6.07) is 4.82. The molecule has 176 valence electrons. The van der Waals surface area contributed by atoms with Crippen LogP contribution in [0.4, 0.5) is 0 Å². The fraction of sp³-hybridized carbons (Fsp3) is 0.583. The van der Waals surface area contributed by atoms with Crippen molar-refractivity contribution in [3.63, 3.8) is 0 Å². The number of benzene rings is 1. The van der Waals surface area contributed by atoms with Crippen molar-refractivity contribution in [2.24, 2.45) is 10.9 Å². The lowest BCUT2D eigenvalue weighted by atomic mass is 9.93. The SMILES string of the molecule is CN1CC(CCCCCCCCCC(CC(=O)c2c(Cl)cccc2Cl)C(=O)O)=NCC1=O. The van der Waals surface area contributed by atoms with Crippen molar-refractivity contribution < 1.29 is 19.5 Å². The molecule has 2 rings (SSSR count). The second-order valence-electron chi connectivity index (χ2n) is 8.40. The summed E-state index contributed by atoms with van der Waals surface area (Å²) < 4.78 is 0. The van der Waals surface area contributed by atoms with Crippen molar-refractivity contribution in [3.05, 3.63) is 33.8 Å². The number of Topliss-reactive ketones (excluding diaryl/α,β-unsaturated/α-hetero) is 1. The molecule has 0 fully saturated rings. The molecule has 1 aromatic carbocycles. The number of unbranched alkanes of at least 4 members (excludes halogenated alkanes) is 6. The average Bonchev–Trinajstić information content (AvgIpc) is 2.73. The van der Waals surface area contributed by atoms with Gasteiger partial charge >= 0.3 is 5.97 Å². The molecule has 0 radical (unpaired) electrons. The monoisotopic (exact) mass is 482 g/mol. The highest BCUT2D eigenvalue weighted by Crippen LogP contribution is 2.28. The molecule has 1 N–H and O–H groups in total. The first-order chi connectivity index (χ1) is 15.3. The Morgan fingerprint density at radius 1 is 1.06 bits per heavy atom. The third-order valence-corrected chi connectivity index (χ3v) is 6.45. The average molecular weight is 483 g/mol. The van der Waals surface area contributed by atoms with Crippen molar-refractivity contribution >= 4 is 46.6 Å². The van der Waals surface area contributed by atoms with Gasteiger partial charge in [0.1, 0.15) is 6.54 Å². The number of halogens is 2. The van der Waals surface area contributed by atoms with Crippen LogP contribution in [0.15, 0.2) is 23.2 Å². The highest BCUT2D eigenvalue weighted by atomic mass is 35.5. The molecule has 0 aliphatic carbocycles. The quantitative estimate of drug-likeness (QED) is 0.272. The predicted octanol–water partition coefficient (Wildman–Crippen LogP) is 5.69. The Bertz CT molecular complexity index is 821. The van der Waals surface area contributed by atoms with Crippen LogP contribution in [0, 0.1) is 5.92 Å². The van der Waals surface area contributed by atoms with Crippen LogP contribution in [0.2, 0.25) is 10.0 Å². The molecule has 0 saturated carbocycles. The first-order valence-electron chi connectivity index (χ1n) is 11.3. The van der Waals surface area contributed by atoms with E-state index in [-0.39, 0.29) is 40.3 Å². The summed E-state index contributed by atoms with van der Waals surface area (Å²) in [7, 11) is 1.81. The standard InChI is InChI=1S/C24H32Cl2N2O4/c1-28-16-18(27-15-22(28)30)11-8-6-4-2-3-5-7-10-17(24(31)32)14-21(29)23-19(25)12-9-13-20(23)26/h9,12-13,17H,2-8,10-11,14-16H2,1H3,(H,31,32). The number of hydrogen-bond acceptors (Lipinski definition) is 4. The van der Waals surface area contributed by atoms with E-state index in [0.29, 0.717) is 13.0 Å². The molecule has 1 heterocycles. The third-order valence-electron chi connectivity index (χ3n) is 5.82. The summed E-state index contributed by atoms with van der Waals surface area (Å²) in [5.41, 5.74) is 1.32. The maximum atomic E-state index is 12.5. The van der Waals surface area contributed by atoms with Gasteiger partial charge in [-0.25, -0.2) is 0 Å². The number of carboxylic acids is 1. The lowest BCUT2D eigenvalue weighted by Gasteiger charge is -2.22. The number of nitrogens with zero attached hydrogens (tertiary/aromatic N) is 2. The van der Waals surface area contributed by atoms with Crippen LogP contribution in [0.5, 0.6) is 0 Å². The summed E-state index contributed by atoms with van der Waals surface area (Å²) >= 11 is 12.1. The van der Waals surface area contributed by atoms with E-state index >= 15 is 0 Å². The molecule has 0 spiro atoms. The summed E-state index contributed by atoms with van der Waals surface area (Å²) in [5, 5.41) is 10.0. The van der Waals surface area contributed by atoms with E-state index in [2.05, 4.69) is 4.99 Å². The molecule has 1 amide bonds. The Balaban J connectivity index is 1.60. The second kappa shape index (κ2) is 13.6. The van der Waals surface area contributed by atoms with Gasteiger partial charge in [-0.1, -0.05) is 67.8 Å². The van der Waals surface area contributed by atoms with Crippen molar-refractivity contribution in [2.45, 2.75) is 64.2 Å². The minimum Gasteiger partial charge on any atom is -0.481 e. The van der Waals surface area contributed by atoms with Crippen LogP contribution in [0.25, 0.3) is 0 Å². The van der Waals surface area contributed by atoms with Crippen LogP contribution in [0.1, 0.15) is 74.6 Å². The number of aliphatic carboxylic acids is 1. The molecule has 0 aromatic heterocycles. The van der Waals surface area contributed by atoms with Crippen molar-refractivity contribution in [1.82, 2.24) is 4.90 Å². The second-order valence-corrected chi connectivity index (χ2v) is 9.22. The molecular weight excluding hydrogens is 451 g/mol. The van der Waals surface area contributed by atoms with E-state index in [9.17, 15) is 19.5 Å². The van der Waals surface area contributed by atoms with Crippen LogP contribution >= 0.6 is 23.2 Å². The Kier molecular flexibility index (Phi) is 11.2. The molecule has 32 heavy (non-hydrogen) atoms. The number of rotatable bonds is 14. The molecule has 0 saturated heterocycles. The minimum atomic E-state index is -0.959. The topological polar surface area (TPSA) is 87.0 Å². The molecule has 1 aromatic rings. The number of amides is 1. The number of carboxylic acid groups (broad SMARTS) is 1. The van der Waals surface area contributed by atoms with E-state index in [1.807, 2.05) is 7.05 Å². The van der Waals surface area contributed by atoms with Crippen LogP contribution < -0.4 is 0 Å². The maximum absolute atomic E-state index is 12.5. The molecule has 8 heteroatoms. The predicted molar refractivity (Wildman–Crippen MR) is 128 cm³/mol. The third kappa shape index (κ3) is 8.55. The summed E-state index contributed by atoms with van der Waals surface area (Å²) in [4.78, 5) is 41.6. The lowest BCUT2D eigenvalue weighted by molar-refractivity contribution is -0.142. The number of likely N-dealkylation sites (N-methyl/N-ethyl adjacent to an activating group) is 1. The fourth-order valence-corrected chi connectivity index (χ4v) is 4.49. The fourth-order valence-electron chi connectivity index (χ4n) is 3.88. The van der Waals surface area contributed by atoms with E-state index < -0.39 is 11.9 Å². The van der Waals surface area contributed by atoms with Crippen LogP contribution in [-0.2, 0) is 9.59 Å². The highest BCUT2D eigenvalue weighted by Gasteiger charge is 2.24. The van der Waals surface area contributed by atoms with Crippen LogP contribution in [-0.4, -0.2) is 53.5 Å². The molecule has 6 nitrogen and oxygen atoms in total. The van der Waals surface area contributed by atoms with E-state index in [1.54, 1.807) is 23.1 Å². The molecule has 1 unspecified atom stereocenters. The normalized spacial score (nSPS) is 14.9. The van der Waals surface area contributed by atoms with Crippen LogP contribution in [0.3, 0.4) is 0 Å². The van der Waals surface area contributed by atoms with E-state index in [4.69, 9.17) is 23.2 Å². The Labute approximate surface area is 200 Å². The van der Waals surface area contributed by atoms with E-state index in [1.165, 1.54) is 0 Å². The Morgan fingerprint density at radius 2 is 1.66 bits per heavy atom. The van der Waals surface area contributed by atoms with Gasteiger partial charge in [0.15, 0.2) is 5.78 Å². The molecule has 1 aliphatic heterocycles. The van der Waals surface area contributed by atoms with E-state index in [0.717, 1.165) is 57.1 Å². The summed E-state index contributed by atoms with van der Waals surface area (Å²) in [5.74, 6) is -1.93. The molecule has 0 bridgehead atoms. The zero-order chi connectivity index (χ0) is 23.5. The zero-order valence-electron chi connectivity index (χ0n) is 18.6. The Morgan fingerprint density at radius 3 is 2.25 bits per heavy atom. The van der Waals surface area contributed by atoms with Gasteiger partial charge < -0.3 is 10.0 Å². The van der Waals surface area contributed by atoms with Gasteiger partial charge in [0, 0.05) is 19.2 Å². The zero-order valence-corrected chi connectivity index (χ0v) is 20.1. The number of carbonyl (C=O) groups is 3. The van der Waals surface area contributed by atoms with Crippen molar-refractivity contribution in [3.8, 4) is 0 Å². The number of aliphatic imine (C=N–C) groups is 1. The summed E-state index contributed by atoms with van der Waals surface area (Å²) in [6.07, 6.45) is 8.54. The molecule has 1 atom stereocenters. The largest absolute Gasteiger partial charge is 0.481 e. The molecule has 1 aliphatic rings. The first kappa shape index (κ1) is 26.3. The van der Waals surface area contributed by atoms with Gasteiger partial charge in [-0.3, -0.25) is 19.4 Å². The smallest absolute Gasteiger partial charge is 0.306 e.